The van der Waals surface area contributed by atoms with Crippen molar-refractivity contribution in [2.75, 3.05) is 6.54 Å². The summed E-state index contributed by atoms with van der Waals surface area (Å²) in [6.07, 6.45) is 1.30. The molecule has 1 aromatic heterocycles. The summed E-state index contributed by atoms with van der Waals surface area (Å²) in [7, 11) is 0. The van der Waals surface area contributed by atoms with E-state index in [4.69, 9.17) is 0 Å². The van der Waals surface area contributed by atoms with Crippen molar-refractivity contribution in [3.05, 3.63) is 22.4 Å². The van der Waals surface area contributed by atoms with E-state index in [0.717, 1.165) is 12.5 Å². The Balaban J connectivity index is 2.08. The molecule has 11 heavy (non-hydrogen) atoms. The first-order valence-corrected chi connectivity index (χ1v) is 5.06. The van der Waals surface area contributed by atoms with Gasteiger partial charge in [-0.2, -0.15) is 11.3 Å². The topological polar surface area (TPSA) is 12.0 Å². The monoisotopic (exact) mass is 167 g/mol. The number of hydrogen-bond donors (Lipinski definition) is 1. The van der Waals surface area contributed by atoms with Gasteiger partial charge < -0.3 is 5.32 Å². The van der Waals surface area contributed by atoms with Crippen molar-refractivity contribution < 1.29 is 0 Å². The van der Waals surface area contributed by atoms with Gasteiger partial charge in [0.05, 0.1) is 0 Å². The standard InChI is InChI=1S/C9H13NS/c1-7-4-9(5-10-7)8-2-3-11-6-8/h2-3,6-7,9-10H,4-5H2,1H3/t7-,9+/m0/s1. The van der Waals surface area contributed by atoms with Crippen LogP contribution >= 0.6 is 11.3 Å². The van der Waals surface area contributed by atoms with Crippen molar-refractivity contribution in [2.24, 2.45) is 0 Å². The number of hydrogen-bond acceptors (Lipinski definition) is 2. The molecule has 1 N–H and O–H groups in total. The molecule has 2 atom stereocenters. The van der Waals surface area contributed by atoms with Crippen molar-refractivity contribution in [2.45, 2.75) is 25.3 Å². The quantitative estimate of drug-likeness (QED) is 0.676. The van der Waals surface area contributed by atoms with Gasteiger partial charge >= 0.3 is 0 Å². The van der Waals surface area contributed by atoms with Crippen LogP contribution in [0.4, 0.5) is 0 Å². The lowest BCUT2D eigenvalue weighted by molar-refractivity contribution is 0.659. The highest BCUT2D eigenvalue weighted by atomic mass is 32.1. The van der Waals surface area contributed by atoms with Crippen molar-refractivity contribution in [1.82, 2.24) is 5.32 Å². The molecule has 1 saturated heterocycles. The lowest BCUT2D eigenvalue weighted by Gasteiger charge is -2.03. The number of nitrogens with one attached hydrogen (secondary N) is 1. The van der Waals surface area contributed by atoms with Crippen LogP contribution in [-0.4, -0.2) is 12.6 Å². The summed E-state index contributed by atoms with van der Waals surface area (Å²) in [6.45, 7) is 3.42. The Labute approximate surface area is 71.4 Å². The van der Waals surface area contributed by atoms with Crippen LogP contribution in [0.1, 0.15) is 24.8 Å². The van der Waals surface area contributed by atoms with Crippen LogP contribution in [0.15, 0.2) is 16.8 Å². The van der Waals surface area contributed by atoms with Gasteiger partial charge in [-0.25, -0.2) is 0 Å². The summed E-state index contributed by atoms with van der Waals surface area (Å²) >= 11 is 1.80. The summed E-state index contributed by atoms with van der Waals surface area (Å²) < 4.78 is 0. The van der Waals surface area contributed by atoms with E-state index in [1.807, 2.05) is 0 Å². The van der Waals surface area contributed by atoms with Crippen molar-refractivity contribution >= 4 is 11.3 Å². The Morgan fingerprint density at radius 3 is 3.09 bits per heavy atom. The second kappa shape index (κ2) is 2.95. The third kappa shape index (κ3) is 1.47. The Kier molecular flexibility index (Phi) is 1.96. The predicted octanol–water partition coefficient (Wildman–Crippen LogP) is 2.21. The lowest BCUT2D eigenvalue weighted by atomic mass is 10.00. The zero-order valence-corrected chi connectivity index (χ0v) is 7.53. The molecule has 2 heteroatoms. The average molecular weight is 167 g/mol. The smallest absolute Gasteiger partial charge is 0.00452 e. The fourth-order valence-electron chi connectivity index (χ4n) is 1.70. The van der Waals surface area contributed by atoms with E-state index in [1.54, 1.807) is 11.3 Å². The first-order valence-electron chi connectivity index (χ1n) is 4.12. The Hall–Kier alpha value is -0.340. The molecule has 2 heterocycles. The predicted molar refractivity (Wildman–Crippen MR) is 49.1 cm³/mol. The minimum atomic E-state index is 0.708. The van der Waals surface area contributed by atoms with E-state index in [1.165, 1.54) is 12.0 Å². The van der Waals surface area contributed by atoms with Crippen LogP contribution in [0.5, 0.6) is 0 Å². The van der Waals surface area contributed by atoms with Crippen LogP contribution in [0.2, 0.25) is 0 Å². The molecule has 0 saturated carbocycles. The molecular formula is C9H13NS. The van der Waals surface area contributed by atoms with Crippen molar-refractivity contribution in [1.29, 1.82) is 0 Å². The van der Waals surface area contributed by atoms with Crippen LogP contribution in [0.3, 0.4) is 0 Å². The number of thiophene rings is 1. The maximum Gasteiger partial charge on any atom is 0.00452 e. The van der Waals surface area contributed by atoms with Gasteiger partial charge in [-0.3, -0.25) is 0 Å². The minimum Gasteiger partial charge on any atom is -0.314 e. The maximum atomic E-state index is 3.46. The second-order valence-corrected chi connectivity index (χ2v) is 4.08. The molecule has 0 aromatic carbocycles. The summed E-state index contributed by atoms with van der Waals surface area (Å²) in [5, 5.41) is 7.90. The first kappa shape index (κ1) is 7.32. The molecule has 0 aliphatic carbocycles. The Morgan fingerprint density at radius 2 is 2.55 bits per heavy atom. The third-order valence-corrected chi connectivity index (χ3v) is 3.07. The summed E-state index contributed by atoms with van der Waals surface area (Å²) in [6, 6.07) is 2.95. The molecule has 1 aromatic rings. The van der Waals surface area contributed by atoms with Crippen molar-refractivity contribution in [3.63, 3.8) is 0 Å². The molecule has 0 radical (unpaired) electrons. The van der Waals surface area contributed by atoms with Gasteiger partial charge in [0, 0.05) is 12.6 Å². The lowest BCUT2D eigenvalue weighted by Crippen LogP contribution is -2.16. The van der Waals surface area contributed by atoms with Crippen LogP contribution in [0, 0.1) is 0 Å². The Bertz CT molecular complexity index is 217. The molecule has 1 aliphatic heterocycles. The highest BCUT2D eigenvalue weighted by Crippen LogP contribution is 2.26. The molecule has 1 nitrogen and oxygen atoms in total. The fraction of sp³-hybridized carbons (Fsp3) is 0.556. The minimum absolute atomic E-state index is 0.708. The van der Waals surface area contributed by atoms with E-state index in [0.29, 0.717) is 6.04 Å². The molecular weight excluding hydrogens is 154 g/mol. The Morgan fingerprint density at radius 1 is 1.64 bits per heavy atom. The fourth-order valence-corrected chi connectivity index (χ4v) is 2.44. The van der Waals surface area contributed by atoms with Crippen LogP contribution in [0.25, 0.3) is 0 Å². The van der Waals surface area contributed by atoms with E-state index in [-0.39, 0.29) is 0 Å². The number of rotatable bonds is 1. The SMILES string of the molecule is C[C@H]1C[C@@H](c2ccsc2)CN1. The molecule has 0 bridgehead atoms. The van der Waals surface area contributed by atoms with E-state index in [9.17, 15) is 0 Å². The largest absolute Gasteiger partial charge is 0.314 e. The summed E-state index contributed by atoms with van der Waals surface area (Å²) in [5.74, 6) is 0.774. The van der Waals surface area contributed by atoms with Gasteiger partial charge in [0.15, 0.2) is 0 Å². The summed E-state index contributed by atoms with van der Waals surface area (Å²) in [5.41, 5.74) is 1.52. The second-order valence-electron chi connectivity index (χ2n) is 3.30. The molecule has 0 unspecified atom stereocenters. The zero-order valence-electron chi connectivity index (χ0n) is 6.71. The normalized spacial score (nSPS) is 31.0. The van der Waals surface area contributed by atoms with Gasteiger partial charge in [-0.15, -0.1) is 0 Å². The van der Waals surface area contributed by atoms with Gasteiger partial charge in [-0.1, -0.05) is 0 Å². The average Bonchev–Trinajstić information content (AvgIpc) is 2.55. The maximum absolute atomic E-state index is 3.46. The molecule has 0 amide bonds. The molecule has 0 spiro atoms. The molecule has 2 rings (SSSR count). The van der Waals surface area contributed by atoms with E-state index in [2.05, 4.69) is 29.1 Å². The van der Waals surface area contributed by atoms with E-state index < -0.39 is 0 Å². The molecule has 1 fully saturated rings. The van der Waals surface area contributed by atoms with Crippen LogP contribution in [-0.2, 0) is 0 Å². The third-order valence-electron chi connectivity index (χ3n) is 2.37. The van der Waals surface area contributed by atoms with Gasteiger partial charge in [-0.05, 0) is 41.7 Å². The van der Waals surface area contributed by atoms with Crippen LogP contribution < -0.4 is 5.32 Å². The summed E-state index contributed by atoms with van der Waals surface area (Å²) in [4.78, 5) is 0. The highest BCUT2D eigenvalue weighted by Gasteiger charge is 2.21. The van der Waals surface area contributed by atoms with Crippen molar-refractivity contribution in [3.8, 4) is 0 Å². The van der Waals surface area contributed by atoms with E-state index >= 15 is 0 Å². The molecule has 1 aliphatic rings. The molecule has 60 valence electrons. The van der Waals surface area contributed by atoms with Gasteiger partial charge in [0.1, 0.15) is 0 Å². The first-order chi connectivity index (χ1) is 5.36. The van der Waals surface area contributed by atoms with Gasteiger partial charge in [0.2, 0.25) is 0 Å². The highest BCUT2D eigenvalue weighted by molar-refractivity contribution is 7.07. The van der Waals surface area contributed by atoms with Gasteiger partial charge in [0.25, 0.3) is 0 Å². The zero-order chi connectivity index (χ0) is 7.68.